The molecule has 15 heavy (non-hydrogen) atoms. The molecule has 0 bridgehead atoms. The zero-order valence-electron chi connectivity index (χ0n) is 9.13. The largest absolute Gasteiger partial charge is 0.356 e. The second-order valence-electron chi connectivity index (χ2n) is 4.52. The summed E-state index contributed by atoms with van der Waals surface area (Å²) in [6.45, 7) is 2.83. The van der Waals surface area contributed by atoms with Crippen LogP contribution in [0.5, 0.6) is 0 Å². The van der Waals surface area contributed by atoms with Gasteiger partial charge in [-0.1, -0.05) is 0 Å². The van der Waals surface area contributed by atoms with Crippen LogP contribution >= 0.6 is 11.8 Å². The number of carbonyl (C=O) groups is 1. The van der Waals surface area contributed by atoms with Crippen molar-refractivity contribution in [2.75, 3.05) is 31.1 Å². The van der Waals surface area contributed by atoms with Gasteiger partial charge in [0.2, 0.25) is 5.91 Å². The Hall–Kier alpha value is -0.220. The molecule has 86 valence electrons. The zero-order valence-corrected chi connectivity index (χ0v) is 9.94. The molecule has 0 aromatic heterocycles. The highest BCUT2D eigenvalue weighted by atomic mass is 32.2. The van der Waals surface area contributed by atoms with Gasteiger partial charge in [0, 0.05) is 13.1 Å². The molecule has 1 amide bonds. The summed E-state index contributed by atoms with van der Waals surface area (Å²) in [6, 6.07) is 0. The van der Waals surface area contributed by atoms with Gasteiger partial charge in [-0.2, -0.15) is 11.8 Å². The van der Waals surface area contributed by atoms with E-state index in [0.717, 1.165) is 38.4 Å². The molecule has 3 nitrogen and oxygen atoms in total. The Bertz CT molecular complexity index is 211. The van der Waals surface area contributed by atoms with Crippen molar-refractivity contribution in [1.82, 2.24) is 10.6 Å². The van der Waals surface area contributed by atoms with Crippen LogP contribution in [0.25, 0.3) is 0 Å². The third-order valence-corrected chi connectivity index (χ3v) is 4.49. The highest BCUT2D eigenvalue weighted by Crippen LogP contribution is 2.22. The van der Waals surface area contributed by atoms with E-state index in [0.29, 0.717) is 0 Å². The number of rotatable bonds is 3. The lowest BCUT2D eigenvalue weighted by Gasteiger charge is -2.22. The standard InChI is InChI=1S/C11H20N2OS/c14-11(10-2-1-4-12-7-10)13-6-9-3-5-15-8-9/h9-10,12H,1-8H2,(H,13,14). The van der Waals surface area contributed by atoms with Crippen LogP contribution in [0, 0.1) is 11.8 Å². The van der Waals surface area contributed by atoms with E-state index in [9.17, 15) is 4.79 Å². The molecule has 2 N–H and O–H groups in total. The van der Waals surface area contributed by atoms with Gasteiger partial charge in [0.1, 0.15) is 0 Å². The first-order chi connectivity index (χ1) is 7.36. The Morgan fingerprint density at radius 2 is 2.40 bits per heavy atom. The Morgan fingerprint density at radius 1 is 1.47 bits per heavy atom. The van der Waals surface area contributed by atoms with Gasteiger partial charge in [0.15, 0.2) is 0 Å². The van der Waals surface area contributed by atoms with Crippen molar-refractivity contribution < 1.29 is 4.79 Å². The lowest BCUT2D eigenvalue weighted by Crippen LogP contribution is -2.41. The SMILES string of the molecule is O=C(NCC1CCSC1)C1CCCNC1. The molecule has 2 aliphatic rings. The number of nitrogens with one attached hydrogen (secondary N) is 2. The Labute approximate surface area is 95.8 Å². The maximum Gasteiger partial charge on any atom is 0.224 e. The summed E-state index contributed by atoms with van der Waals surface area (Å²) < 4.78 is 0. The molecule has 2 atom stereocenters. The number of hydrogen-bond acceptors (Lipinski definition) is 3. The fourth-order valence-electron chi connectivity index (χ4n) is 2.21. The lowest BCUT2D eigenvalue weighted by molar-refractivity contribution is -0.125. The van der Waals surface area contributed by atoms with Gasteiger partial charge in [-0.25, -0.2) is 0 Å². The van der Waals surface area contributed by atoms with Gasteiger partial charge in [0.25, 0.3) is 0 Å². The van der Waals surface area contributed by atoms with Crippen molar-refractivity contribution in [3.05, 3.63) is 0 Å². The quantitative estimate of drug-likeness (QED) is 0.752. The highest BCUT2D eigenvalue weighted by molar-refractivity contribution is 7.99. The fourth-order valence-corrected chi connectivity index (χ4v) is 3.49. The molecule has 0 aromatic carbocycles. The molecule has 2 heterocycles. The van der Waals surface area contributed by atoms with Crippen LogP contribution in [0.1, 0.15) is 19.3 Å². The number of hydrogen-bond donors (Lipinski definition) is 2. The molecule has 0 aliphatic carbocycles. The van der Waals surface area contributed by atoms with Crippen molar-refractivity contribution in [3.8, 4) is 0 Å². The lowest BCUT2D eigenvalue weighted by atomic mass is 9.98. The van der Waals surface area contributed by atoms with Crippen molar-refractivity contribution in [2.45, 2.75) is 19.3 Å². The summed E-state index contributed by atoms with van der Waals surface area (Å²) in [7, 11) is 0. The molecule has 2 saturated heterocycles. The molecule has 0 saturated carbocycles. The summed E-state index contributed by atoms with van der Waals surface area (Å²) in [6.07, 6.45) is 3.46. The van der Waals surface area contributed by atoms with E-state index < -0.39 is 0 Å². The second kappa shape index (κ2) is 5.75. The van der Waals surface area contributed by atoms with E-state index in [1.807, 2.05) is 11.8 Å². The molecule has 2 rings (SSSR count). The molecule has 4 heteroatoms. The Morgan fingerprint density at radius 3 is 3.07 bits per heavy atom. The summed E-state index contributed by atoms with van der Waals surface area (Å²) >= 11 is 2.01. The summed E-state index contributed by atoms with van der Waals surface area (Å²) in [5, 5.41) is 6.38. The average Bonchev–Trinajstić information content (AvgIpc) is 2.80. The highest BCUT2D eigenvalue weighted by Gasteiger charge is 2.22. The molecule has 2 fully saturated rings. The van der Waals surface area contributed by atoms with E-state index in [1.165, 1.54) is 17.9 Å². The van der Waals surface area contributed by atoms with Gasteiger partial charge < -0.3 is 10.6 Å². The minimum absolute atomic E-state index is 0.216. The average molecular weight is 228 g/mol. The Kier molecular flexibility index (Phi) is 4.32. The molecule has 0 aromatic rings. The van der Waals surface area contributed by atoms with Crippen LogP contribution in [0.4, 0.5) is 0 Å². The second-order valence-corrected chi connectivity index (χ2v) is 5.67. The third-order valence-electron chi connectivity index (χ3n) is 3.26. The Balaban J connectivity index is 1.66. The summed E-state index contributed by atoms with van der Waals surface area (Å²) in [4.78, 5) is 11.8. The van der Waals surface area contributed by atoms with Gasteiger partial charge in [-0.3, -0.25) is 4.79 Å². The van der Waals surface area contributed by atoms with Gasteiger partial charge in [-0.15, -0.1) is 0 Å². The monoisotopic (exact) mass is 228 g/mol. The molecule has 2 aliphatic heterocycles. The van der Waals surface area contributed by atoms with E-state index in [2.05, 4.69) is 10.6 Å². The van der Waals surface area contributed by atoms with E-state index in [1.54, 1.807) is 0 Å². The number of piperidine rings is 1. The van der Waals surface area contributed by atoms with Crippen molar-refractivity contribution in [3.63, 3.8) is 0 Å². The van der Waals surface area contributed by atoms with Crippen LogP contribution in [0.2, 0.25) is 0 Å². The molecule has 0 radical (unpaired) electrons. The topological polar surface area (TPSA) is 41.1 Å². The van der Waals surface area contributed by atoms with Crippen LogP contribution in [-0.4, -0.2) is 37.0 Å². The predicted octanol–water partition coefficient (Wildman–Crippen LogP) is 0.855. The summed E-state index contributed by atoms with van der Waals surface area (Å²) in [5.74, 6) is 3.69. The predicted molar refractivity (Wildman–Crippen MR) is 64.0 cm³/mol. The van der Waals surface area contributed by atoms with Crippen LogP contribution < -0.4 is 10.6 Å². The van der Waals surface area contributed by atoms with Gasteiger partial charge in [0.05, 0.1) is 5.92 Å². The molecular formula is C11H20N2OS. The normalized spacial score (nSPS) is 31.5. The third kappa shape index (κ3) is 3.38. The van der Waals surface area contributed by atoms with Crippen molar-refractivity contribution in [2.24, 2.45) is 11.8 Å². The van der Waals surface area contributed by atoms with Crippen molar-refractivity contribution in [1.29, 1.82) is 0 Å². The molecular weight excluding hydrogens is 208 g/mol. The van der Waals surface area contributed by atoms with E-state index >= 15 is 0 Å². The van der Waals surface area contributed by atoms with E-state index in [-0.39, 0.29) is 11.8 Å². The fraction of sp³-hybridized carbons (Fsp3) is 0.909. The van der Waals surface area contributed by atoms with Crippen LogP contribution in [0.15, 0.2) is 0 Å². The molecule has 2 unspecified atom stereocenters. The van der Waals surface area contributed by atoms with Crippen molar-refractivity contribution >= 4 is 17.7 Å². The zero-order chi connectivity index (χ0) is 10.5. The summed E-state index contributed by atoms with van der Waals surface area (Å²) in [5.41, 5.74) is 0. The molecule has 0 spiro atoms. The van der Waals surface area contributed by atoms with E-state index in [4.69, 9.17) is 0 Å². The van der Waals surface area contributed by atoms with Gasteiger partial charge >= 0.3 is 0 Å². The first-order valence-electron chi connectivity index (χ1n) is 5.92. The number of thioether (sulfide) groups is 1. The van der Waals surface area contributed by atoms with Gasteiger partial charge in [-0.05, 0) is 43.2 Å². The first-order valence-corrected chi connectivity index (χ1v) is 7.08. The maximum atomic E-state index is 11.8. The number of amides is 1. The minimum atomic E-state index is 0.216. The first kappa shape index (κ1) is 11.3. The van der Waals surface area contributed by atoms with Crippen LogP contribution in [0.3, 0.4) is 0 Å². The maximum absolute atomic E-state index is 11.8. The van der Waals surface area contributed by atoms with Crippen LogP contribution in [-0.2, 0) is 4.79 Å². The smallest absolute Gasteiger partial charge is 0.224 e. The number of carbonyl (C=O) groups excluding carboxylic acids is 1. The minimum Gasteiger partial charge on any atom is -0.356 e.